The number of benzene rings is 2. The smallest absolute Gasteiger partial charge is 0.361 e. The van der Waals surface area contributed by atoms with Crippen molar-refractivity contribution in [1.82, 2.24) is 4.90 Å². The molecule has 24 heavy (non-hydrogen) atoms. The topological polar surface area (TPSA) is 32.3 Å². The van der Waals surface area contributed by atoms with E-state index in [2.05, 4.69) is 11.9 Å². The van der Waals surface area contributed by atoms with Gasteiger partial charge in [-0.05, 0) is 29.8 Å². The highest BCUT2D eigenvalue weighted by Gasteiger charge is 2.33. The molecule has 124 valence electrons. The second-order valence-electron chi connectivity index (χ2n) is 5.46. The lowest BCUT2D eigenvalue weighted by Crippen LogP contribution is -2.43. The van der Waals surface area contributed by atoms with Crippen LogP contribution in [-0.2, 0) is 6.18 Å². The van der Waals surface area contributed by atoms with Crippen molar-refractivity contribution in [3.8, 4) is 0 Å². The summed E-state index contributed by atoms with van der Waals surface area (Å²) < 4.78 is 38.2. The van der Waals surface area contributed by atoms with Crippen LogP contribution in [0.5, 0.6) is 0 Å². The molecular formula is C18H15F3N2O. The first-order valence-corrected chi connectivity index (χ1v) is 7.36. The molecule has 1 amide bonds. The zero-order chi connectivity index (χ0) is 17.3. The lowest BCUT2D eigenvalue weighted by molar-refractivity contribution is -0.137. The fraction of sp³-hybridized carbons (Fsp3) is 0.167. The molecule has 0 radical (unpaired) electrons. The van der Waals surface area contributed by atoms with Gasteiger partial charge in [-0.2, -0.15) is 13.2 Å². The number of hydrogen-bond acceptors (Lipinski definition) is 2. The Labute approximate surface area is 137 Å². The number of halogens is 3. The number of anilines is 1. The molecule has 3 rings (SSSR count). The Balaban J connectivity index is 1.99. The highest BCUT2D eigenvalue weighted by Crippen LogP contribution is 2.35. The second kappa shape index (κ2) is 6.03. The van der Waals surface area contributed by atoms with E-state index in [0.29, 0.717) is 16.8 Å². The number of hydrogen-bond donors (Lipinski definition) is 1. The van der Waals surface area contributed by atoms with Crippen LogP contribution in [-0.4, -0.2) is 17.4 Å². The van der Waals surface area contributed by atoms with Gasteiger partial charge in [0.2, 0.25) is 0 Å². The van der Waals surface area contributed by atoms with Gasteiger partial charge in [-0.15, -0.1) is 6.58 Å². The lowest BCUT2D eigenvalue weighted by Gasteiger charge is -2.37. The standard InChI is InChI=1S/C18H15F3N2O/c1-2-11-23-16(12-7-9-13(10-8-12)18(19,20)21)22-15-6-4-3-5-14(15)17(23)24/h2-10,16,22H,1,11H2. The predicted octanol–water partition coefficient (Wildman–Crippen LogP) is 4.46. The Morgan fingerprint density at radius 3 is 2.42 bits per heavy atom. The van der Waals surface area contributed by atoms with Gasteiger partial charge in [0.1, 0.15) is 6.17 Å². The first-order valence-electron chi connectivity index (χ1n) is 7.36. The van der Waals surface area contributed by atoms with Crippen molar-refractivity contribution in [2.24, 2.45) is 0 Å². The van der Waals surface area contributed by atoms with Crippen molar-refractivity contribution >= 4 is 11.6 Å². The number of fused-ring (bicyclic) bond motifs is 1. The highest BCUT2D eigenvalue weighted by atomic mass is 19.4. The van der Waals surface area contributed by atoms with Crippen LogP contribution in [0.2, 0.25) is 0 Å². The van der Waals surface area contributed by atoms with E-state index in [1.807, 2.05) is 0 Å². The molecule has 0 fully saturated rings. The fourth-order valence-electron chi connectivity index (χ4n) is 2.74. The molecule has 3 nitrogen and oxygen atoms in total. The van der Waals surface area contributed by atoms with Gasteiger partial charge in [-0.3, -0.25) is 4.79 Å². The normalized spacial score (nSPS) is 17.2. The maximum atomic E-state index is 12.7. The number of amides is 1. The molecule has 0 bridgehead atoms. The van der Waals surface area contributed by atoms with Gasteiger partial charge in [0.05, 0.1) is 11.1 Å². The Bertz CT molecular complexity index is 769. The number of para-hydroxylation sites is 1. The summed E-state index contributed by atoms with van der Waals surface area (Å²) in [4.78, 5) is 14.2. The minimum Gasteiger partial charge on any atom is -0.361 e. The van der Waals surface area contributed by atoms with Crippen LogP contribution in [0.3, 0.4) is 0 Å². The van der Waals surface area contributed by atoms with E-state index in [0.717, 1.165) is 12.1 Å². The molecule has 2 aromatic rings. The Morgan fingerprint density at radius 1 is 1.12 bits per heavy atom. The van der Waals surface area contributed by atoms with Crippen LogP contribution >= 0.6 is 0 Å². The molecular weight excluding hydrogens is 317 g/mol. The molecule has 0 aliphatic carbocycles. The quantitative estimate of drug-likeness (QED) is 0.842. The molecule has 1 heterocycles. The minimum absolute atomic E-state index is 0.186. The zero-order valence-corrected chi connectivity index (χ0v) is 12.7. The molecule has 0 saturated heterocycles. The fourth-order valence-corrected chi connectivity index (χ4v) is 2.74. The minimum atomic E-state index is -4.39. The van der Waals surface area contributed by atoms with E-state index in [1.165, 1.54) is 17.0 Å². The van der Waals surface area contributed by atoms with Crippen LogP contribution in [0.4, 0.5) is 18.9 Å². The molecule has 6 heteroatoms. The largest absolute Gasteiger partial charge is 0.416 e. The number of carbonyl (C=O) groups is 1. The van der Waals surface area contributed by atoms with Gasteiger partial charge in [-0.25, -0.2) is 0 Å². The van der Waals surface area contributed by atoms with E-state index < -0.39 is 17.9 Å². The maximum Gasteiger partial charge on any atom is 0.416 e. The third-order valence-electron chi connectivity index (χ3n) is 3.90. The van der Waals surface area contributed by atoms with Gasteiger partial charge in [-0.1, -0.05) is 30.3 Å². The van der Waals surface area contributed by atoms with E-state index in [4.69, 9.17) is 0 Å². The molecule has 1 unspecified atom stereocenters. The third kappa shape index (κ3) is 2.87. The predicted molar refractivity (Wildman–Crippen MR) is 85.5 cm³/mol. The molecule has 2 aromatic carbocycles. The van der Waals surface area contributed by atoms with E-state index in [1.54, 1.807) is 30.3 Å². The molecule has 0 spiro atoms. The van der Waals surface area contributed by atoms with Crippen molar-refractivity contribution < 1.29 is 18.0 Å². The van der Waals surface area contributed by atoms with Crippen LogP contribution in [0, 0.1) is 0 Å². The monoisotopic (exact) mass is 332 g/mol. The number of rotatable bonds is 3. The van der Waals surface area contributed by atoms with Crippen molar-refractivity contribution in [2.75, 3.05) is 11.9 Å². The van der Waals surface area contributed by atoms with Crippen LogP contribution in [0.25, 0.3) is 0 Å². The molecule has 0 aromatic heterocycles. The van der Waals surface area contributed by atoms with Crippen molar-refractivity contribution in [2.45, 2.75) is 12.3 Å². The second-order valence-corrected chi connectivity index (χ2v) is 5.46. The van der Waals surface area contributed by atoms with Gasteiger partial charge >= 0.3 is 6.18 Å². The first-order chi connectivity index (χ1) is 11.4. The summed E-state index contributed by atoms with van der Waals surface area (Å²) in [5, 5.41) is 3.21. The number of nitrogens with one attached hydrogen (secondary N) is 1. The van der Waals surface area contributed by atoms with Gasteiger partial charge < -0.3 is 10.2 Å². The van der Waals surface area contributed by atoms with Crippen LogP contribution in [0.15, 0.2) is 61.2 Å². The highest BCUT2D eigenvalue weighted by molar-refractivity contribution is 6.01. The molecule has 1 aliphatic rings. The zero-order valence-electron chi connectivity index (χ0n) is 12.7. The Kier molecular flexibility index (Phi) is 4.05. The van der Waals surface area contributed by atoms with Gasteiger partial charge in [0.25, 0.3) is 5.91 Å². The number of carbonyl (C=O) groups excluding carboxylic acids is 1. The Hall–Kier alpha value is -2.76. The van der Waals surface area contributed by atoms with Crippen molar-refractivity contribution in [3.63, 3.8) is 0 Å². The number of alkyl halides is 3. The van der Waals surface area contributed by atoms with Crippen LogP contribution in [0.1, 0.15) is 27.7 Å². The average Bonchev–Trinajstić information content (AvgIpc) is 2.57. The lowest BCUT2D eigenvalue weighted by atomic mass is 10.0. The summed E-state index contributed by atoms with van der Waals surface area (Å²) in [6, 6.07) is 11.9. The average molecular weight is 332 g/mol. The number of nitrogens with zero attached hydrogens (tertiary/aromatic N) is 1. The first kappa shape index (κ1) is 16.1. The molecule has 1 N–H and O–H groups in total. The summed E-state index contributed by atoms with van der Waals surface area (Å²) in [6.45, 7) is 3.93. The summed E-state index contributed by atoms with van der Waals surface area (Å²) in [6.07, 6.45) is -3.35. The van der Waals surface area contributed by atoms with Crippen LogP contribution < -0.4 is 5.32 Å². The van der Waals surface area contributed by atoms with E-state index >= 15 is 0 Å². The Morgan fingerprint density at radius 2 is 1.79 bits per heavy atom. The van der Waals surface area contributed by atoms with Crippen molar-refractivity contribution in [1.29, 1.82) is 0 Å². The molecule has 1 aliphatic heterocycles. The van der Waals surface area contributed by atoms with E-state index in [9.17, 15) is 18.0 Å². The van der Waals surface area contributed by atoms with Gasteiger partial charge in [0.15, 0.2) is 0 Å². The summed E-state index contributed by atoms with van der Waals surface area (Å²) >= 11 is 0. The van der Waals surface area contributed by atoms with Crippen molar-refractivity contribution in [3.05, 3.63) is 77.9 Å². The summed E-state index contributed by atoms with van der Waals surface area (Å²) in [5.41, 5.74) is 1.05. The summed E-state index contributed by atoms with van der Waals surface area (Å²) in [5.74, 6) is -0.186. The molecule has 1 atom stereocenters. The third-order valence-corrected chi connectivity index (χ3v) is 3.90. The summed E-state index contributed by atoms with van der Waals surface area (Å²) in [7, 11) is 0. The maximum absolute atomic E-state index is 12.7. The van der Waals surface area contributed by atoms with E-state index in [-0.39, 0.29) is 12.5 Å². The SMILES string of the molecule is C=CCN1C(=O)c2ccccc2NC1c1ccc(C(F)(F)F)cc1. The molecule has 0 saturated carbocycles. The van der Waals surface area contributed by atoms with Gasteiger partial charge in [0, 0.05) is 12.2 Å².